The molecule has 0 saturated carbocycles. The van der Waals surface area contributed by atoms with Crippen LogP contribution in [0.1, 0.15) is 22.3 Å². The summed E-state index contributed by atoms with van der Waals surface area (Å²) in [7, 11) is 0. The molecule has 0 bridgehead atoms. The lowest BCUT2D eigenvalue weighted by Gasteiger charge is -2.37. The fraction of sp³-hybridized carbons (Fsp3) is 0.208. The van der Waals surface area contributed by atoms with E-state index in [4.69, 9.17) is 0 Å². The Labute approximate surface area is 204 Å². The lowest BCUT2D eigenvalue weighted by Crippen LogP contribution is -2.53. The van der Waals surface area contributed by atoms with Gasteiger partial charge in [0.1, 0.15) is 12.4 Å². The average molecular weight is 563 g/mol. The molecule has 0 aliphatic heterocycles. The summed E-state index contributed by atoms with van der Waals surface area (Å²) in [6.07, 6.45) is -9.83. The molecule has 0 aliphatic carbocycles. The molecule has 0 unspecified atom stereocenters. The highest BCUT2D eigenvalue weighted by Gasteiger charge is 2.40. The van der Waals surface area contributed by atoms with Gasteiger partial charge in [0.05, 0.1) is 11.1 Å². The maximum absolute atomic E-state index is 14.5. The number of rotatable bonds is 6. The smallest absolute Gasteiger partial charge is 0.329 e. The minimum absolute atomic E-state index is 0.190. The number of hydrogen-bond acceptors (Lipinski definition) is 1. The second kappa shape index (κ2) is 10.3. The van der Waals surface area contributed by atoms with Gasteiger partial charge in [-0.15, -0.1) is 0 Å². The molecule has 11 heteroatoms. The van der Waals surface area contributed by atoms with Crippen LogP contribution in [0.25, 0.3) is 0 Å². The summed E-state index contributed by atoms with van der Waals surface area (Å²) in [6.45, 7) is -1.67. The molecule has 35 heavy (non-hydrogen) atoms. The fourth-order valence-electron chi connectivity index (χ4n) is 3.63. The number of alkyl halides is 6. The molecule has 2 amide bonds. The first-order chi connectivity index (χ1) is 16.3. The predicted molar refractivity (Wildman–Crippen MR) is 119 cm³/mol. The molecule has 0 fully saturated rings. The Bertz CT molecular complexity index is 1180. The minimum atomic E-state index is -4.91. The largest absolute Gasteiger partial charge is 0.416 e. The van der Waals surface area contributed by atoms with E-state index < -0.39 is 41.8 Å². The van der Waals surface area contributed by atoms with E-state index in [1.165, 1.54) is 12.1 Å². The Hall–Kier alpha value is -3.08. The molecule has 2 N–H and O–H groups in total. The highest BCUT2D eigenvalue weighted by molar-refractivity contribution is 9.10. The van der Waals surface area contributed by atoms with Crippen molar-refractivity contribution in [3.8, 4) is 0 Å². The van der Waals surface area contributed by atoms with Crippen LogP contribution in [-0.2, 0) is 18.1 Å². The Balaban J connectivity index is 2.25. The summed E-state index contributed by atoms with van der Waals surface area (Å²) in [5, 5.41) is 4.09. The zero-order chi connectivity index (χ0) is 25.9. The van der Waals surface area contributed by atoms with Gasteiger partial charge in [-0.1, -0.05) is 58.4 Å². The normalized spacial score (nSPS) is 13.7. The van der Waals surface area contributed by atoms with Gasteiger partial charge in [0.25, 0.3) is 0 Å². The van der Waals surface area contributed by atoms with Gasteiger partial charge in [0, 0.05) is 10.9 Å². The van der Waals surface area contributed by atoms with Crippen molar-refractivity contribution in [2.24, 2.45) is 0 Å². The first-order valence-corrected chi connectivity index (χ1v) is 10.9. The van der Waals surface area contributed by atoms with Crippen LogP contribution < -0.4 is 10.6 Å². The molecule has 0 saturated heterocycles. The average Bonchev–Trinajstić information content (AvgIpc) is 2.76. The first-order valence-electron chi connectivity index (χ1n) is 10.1. The van der Waals surface area contributed by atoms with Crippen LogP contribution >= 0.6 is 15.9 Å². The lowest BCUT2D eigenvalue weighted by atomic mass is 9.77. The SMILES string of the molecule is O=C(NCC(F)(F)F)N[C@](Cc1ccccc1)(c1cccc(Br)c1)c1cc(F)cc(C(F)(F)F)c1. The standard InChI is InChI=1S/C24H18BrF7N2O/c25-19-8-4-7-16(10-19)22(13-15-5-2-1-3-6-15,34-21(35)33-14-23(27,28)29)17-9-18(24(30,31)32)12-20(26)11-17/h1-12H,13-14H2,(H2,33,34,35)/t22-/m1/s1. The third kappa shape index (κ3) is 6.97. The highest BCUT2D eigenvalue weighted by atomic mass is 79.9. The highest BCUT2D eigenvalue weighted by Crippen LogP contribution is 2.39. The predicted octanol–water partition coefficient (Wildman–Crippen LogP) is 6.95. The molecule has 3 aromatic rings. The van der Waals surface area contributed by atoms with E-state index >= 15 is 0 Å². The van der Waals surface area contributed by atoms with E-state index in [9.17, 15) is 35.5 Å². The van der Waals surface area contributed by atoms with Crippen molar-refractivity contribution in [3.05, 3.63) is 105 Å². The third-order valence-electron chi connectivity index (χ3n) is 5.12. The van der Waals surface area contributed by atoms with Crippen molar-refractivity contribution in [2.75, 3.05) is 6.54 Å². The van der Waals surface area contributed by atoms with Crippen LogP contribution in [-0.4, -0.2) is 18.8 Å². The molecule has 3 aromatic carbocycles. The Kier molecular flexibility index (Phi) is 7.78. The van der Waals surface area contributed by atoms with Crippen LogP contribution in [0.2, 0.25) is 0 Å². The molecule has 1 atom stereocenters. The van der Waals surface area contributed by atoms with E-state index in [0.717, 1.165) is 6.07 Å². The van der Waals surface area contributed by atoms with Gasteiger partial charge in [-0.05, 0) is 47.0 Å². The Morgan fingerprint density at radius 3 is 2.06 bits per heavy atom. The van der Waals surface area contributed by atoms with Crippen LogP contribution in [0.15, 0.2) is 77.3 Å². The van der Waals surface area contributed by atoms with Gasteiger partial charge >= 0.3 is 18.4 Å². The van der Waals surface area contributed by atoms with Crippen molar-refractivity contribution in [1.82, 2.24) is 10.6 Å². The maximum atomic E-state index is 14.5. The number of urea groups is 1. The number of carbonyl (C=O) groups excluding carboxylic acids is 1. The summed E-state index contributed by atoms with van der Waals surface area (Å²) < 4.78 is 93.7. The number of benzene rings is 3. The lowest BCUT2D eigenvalue weighted by molar-refractivity contribution is -0.137. The van der Waals surface area contributed by atoms with Crippen molar-refractivity contribution < 1.29 is 35.5 Å². The van der Waals surface area contributed by atoms with Crippen LogP contribution in [0, 0.1) is 5.82 Å². The van der Waals surface area contributed by atoms with Gasteiger partial charge in [-0.3, -0.25) is 0 Å². The number of halogens is 8. The molecule has 0 aliphatic rings. The zero-order valence-electron chi connectivity index (χ0n) is 17.8. The number of hydrogen-bond donors (Lipinski definition) is 2. The second-order valence-corrected chi connectivity index (χ2v) is 8.64. The minimum Gasteiger partial charge on any atom is -0.329 e. The molecule has 0 heterocycles. The zero-order valence-corrected chi connectivity index (χ0v) is 19.4. The molecule has 0 aromatic heterocycles. The quantitative estimate of drug-likeness (QED) is 0.313. The summed E-state index contributed by atoms with van der Waals surface area (Å²) in [5.74, 6) is -1.22. The number of amides is 2. The summed E-state index contributed by atoms with van der Waals surface area (Å²) in [6, 6.07) is 14.9. The molecular weight excluding hydrogens is 545 g/mol. The van der Waals surface area contributed by atoms with E-state index in [1.807, 2.05) is 0 Å². The molecule has 0 radical (unpaired) electrons. The Morgan fingerprint density at radius 2 is 1.46 bits per heavy atom. The number of carbonyl (C=O) groups is 1. The molecule has 3 nitrogen and oxygen atoms in total. The number of nitrogens with one attached hydrogen (secondary N) is 2. The molecule has 0 spiro atoms. The second-order valence-electron chi connectivity index (χ2n) is 7.73. The van der Waals surface area contributed by atoms with E-state index in [1.54, 1.807) is 47.8 Å². The van der Waals surface area contributed by atoms with Crippen LogP contribution in [0.5, 0.6) is 0 Å². The maximum Gasteiger partial charge on any atom is 0.416 e. The van der Waals surface area contributed by atoms with Crippen molar-refractivity contribution in [2.45, 2.75) is 24.3 Å². The third-order valence-corrected chi connectivity index (χ3v) is 5.62. The van der Waals surface area contributed by atoms with E-state index in [0.29, 0.717) is 22.2 Å². The van der Waals surface area contributed by atoms with Gasteiger partial charge in [-0.25, -0.2) is 9.18 Å². The monoisotopic (exact) mass is 562 g/mol. The topological polar surface area (TPSA) is 41.1 Å². The van der Waals surface area contributed by atoms with Gasteiger partial charge in [0.2, 0.25) is 0 Å². The van der Waals surface area contributed by atoms with Crippen molar-refractivity contribution in [3.63, 3.8) is 0 Å². The molecule has 3 rings (SSSR count). The van der Waals surface area contributed by atoms with Gasteiger partial charge in [0.15, 0.2) is 0 Å². The van der Waals surface area contributed by atoms with Crippen molar-refractivity contribution >= 4 is 22.0 Å². The molecular formula is C24H18BrF7N2O. The fourth-order valence-corrected chi connectivity index (χ4v) is 4.03. The summed E-state index contributed by atoms with van der Waals surface area (Å²) >= 11 is 3.27. The summed E-state index contributed by atoms with van der Waals surface area (Å²) in [5.41, 5.74) is -2.73. The van der Waals surface area contributed by atoms with E-state index in [-0.39, 0.29) is 17.5 Å². The Morgan fingerprint density at radius 1 is 0.800 bits per heavy atom. The van der Waals surface area contributed by atoms with Crippen LogP contribution in [0.4, 0.5) is 35.5 Å². The van der Waals surface area contributed by atoms with Gasteiger partial charge < -0.3 is 10.6 Å². The van der Waals surface area contributed by atoms with Crippen molar-refractivity contribution in [1.29, 1.82) is 0 Å². The van der Waals surface area contributed by atoms with Gasteiger partial charge in [-0.2, -0.15) is 26.3 Å². The first kappa shape index (κ1) is 26.5. The molecule has 186 valence electrons. The van der Waals surface area contributed by atoms with E-state index in [2.05, 4.69) is 21.2 Å². The summed E-state index contributed by atoms with van der Waals surface area (Å²) in [4.78, 5) is 12.6. The van der Waals surface area contributed by atoms with Crippen LogP contribution in [0.3, 0.4) is 0 Å².